The minimum Gasteiger partial charge on any atom is -0.462 e. The van der Waals surface area contributed by atoms with Crippen LogP contribution in [0.3, 0.4) is 0 Å². The van der Waals surface area contributed by atoms with Crippen LogP contribution >= 0.6 is 7.82 Å². The van der Waals surface area contributed by atoms with Gasteiger partial charge in [-0.1, -0.05) is 128 Å². The molecule has 0 aliphatic heterocycles. The molecule has 0 amide bonds. The van der Waals surface area contributed by atoms with Crippen LogP contribution in [0.1, 0.15) is 162 Å². The molecule has 48 heavy (non-hydrogen) atoms. The van der Waals surface area contributed by atoms with Gasteiger partial charge in [0, 0.05) is 25.8 Å². The van der Waals surface area contributed by atoms with Crippen molar-refractivity contribution in [2.75, 3.05) is 26.4 Å². The maximum Gasteiger partial charge on any atom is 0.472 e. The van der Waals surface area contributed by atoms with Crippen LogP contribution in [0, 0.1) is 0 Å². The van der Waals surface area contributed by atoms with Crippen molar-refractivity contribution in [3.05, 3.63) is 24.3 Å². The van der Waals surface area contributed by atoms with Crippen LogP contribution in [0.2, 0.25) is 0 Å². The van der Waals surface area contributed by atoms with Gasteiger partial charge in [0.2, 0.25) is 0 Å². The van der Waals surface area contributed by atoms with E-state index in [0.29, 0.717) is 19.3 Å². The molecule has 2 atom stereocenters. The quantitative estimate of drug-likeness (QED) is 0.0215. The Kier molecular flexibility index (Phi) is 32.4. The predicted molar refractivity (Wildman–Crippen MR) is 192 cm³/mol. The van der Waals surface area contributed by atoms with E-state index in [9.17, 15) is 23.8 Å². The molecule has 280 valence electrons. The number of esters is 2. The number of carbonyl (C=O) groups is 3. The number of rotatable bonds is 35. The van der Waals surface area contributed by atoms with Crippen LogP contribution in [0.5, 0.6) is 0 Å². The van der Waals surface area contributed by atoms with E-state index >= 15 is 0 Å². The van der Waals surface area contributed by atoms with Crippen molar-refractivity contribution in [2.24, 2.45) is 5.73 Å². The number of allylic oxidation sites excluding steroid dienone is 4. The molecule has 0 saturated heterocycles. The van der Waals surface area contributed by atoms with E-state index in [2.05, 4.69) is 19.9 Å². The van der Waals surface area contributed by atoms with Gasteiger partial charge in [0.1, 0.15) is 6.61 Å². The summed E-state index contributed by atoms with van der Waals surface area (Å²) < 4.78 is 32.5. The van der Waals surface area contributed by atoms with E-state index in [4.69, 9.17) is 24.3 Å². The van der Waals surface area contributed by atoms with Crippen molar-refractivity contribution in [1.82, 2.24) is 0 Å². The van der Waals surface area contributed by atoms with Gasteiger partial charge in [-0.05, 0) is 38.2 Å². The minimum atomic E-state index is -4.39. The Morgan fingerprint density at radius 1 is 0.667 bits per heavy atom. The zero-order chi connectivity index (χ0) is 35.6. The third kappa shape index (κ3) is 32.7. The van der Waals surface area contributed by atoms with Crippen molar-refractivity contribution in [2.45, 2.75) is 168 Å². The van der Waals surface area contributed by atoms with E-state index in [1.165, 1.54) is 64.2 Å². The first kappa shape index (κ1) is 46.2. The van der Waals surface area contributed by atoms with E-state index < -0.39 is 32.5 Å². The van der Waals surface area contributed by atoms with Crippen molar-refractivity contribution >= 4 is 25.5 Å². The molecule has 0 aromatic carbocycles. The number of ketones is 1. The highest BCUT2D eigenvalue weighted by atomic mass is 31.2. The summed E-state index contributed by atoms with van der Waals surface area (Å²) in [7, 11) is -4.39. The lowest BCUT2D eigenvalue weighted by Gasteiger charge is -2.19. The summed E-state index contributed by atoms with van der Waals surface area (Å²) in [5.74, 6) is -0.798. The molecule has 10 nitrogen and oxygen atoms in total. The number of carbonyl (C=O) groups excluding carboxylic acids is 3. The lowest BCUT2D eigenvalue weighted by atomic mass is 10.1. The van der Waals surface area contributed by atoms with Gasteiger partial charge in [0.25, 0.3) is 0 Å². The first-order chi connectivity index (χ1) is 23.2. The summed E-state index contributed by atoms with van der Waals surface area (Å²) in [6.07, 6.45) is 28.9. The Hall–Kier alpha value is -1.84. The lowest BCUT2D eigenvalue weighted by Crippen LogP contribution is -2.29. The molecule has 0 aliphatic rings. The zero-order valence-corrected chi connectivity index (χ0v) is 31.1. The maximum absolute atomic E-state index is 12.5. The second-order valence-corrected chi connectivity index (χ2v) is 13.9. The number of nitrogens with two attached hydrogens (primary N) is 1. The third-order valence-electron chi connectivity index (χ3n) is 7.82. The van der Waals surface area contributed by atoms with Crippen LogP contribution in [-0.4, -0.2) is 55.1 Å². The maximum atomic E-state index is 12.5. The molecule has 0 rings (SSSR count). The van der Waals surface area contributed by atoms with Crippen LogP contribution in [0.15, 0.2) is 24.3 Å². The molecule has 1 unspecified atom stereocenters. The van der Waals surface area contributed by atoms with Crippen LogP contribution in [0.25, 0.3) is 0 Å². The van der Waals surface area contributed by atoms with Gasteiger partial charge < -0.3 is 20.1 Å². The Labute approximate surface area is 291 Å². The number of hydrogen-bond acceptors (Lipinski definition) is 9. The molecule has 0 fully saturated rings. The number of ether oxygens (including phenoxy) is 2. The summed E-state index contributed by atoms with van der Waals surface area (Å²) in [5, 5.41) is 0. The molecule has 0 spiro atoms. The van der Waals surface area contributed by atoms with E-state index in [0.717, 1.165) is 51.4 Å². The first-order valence-corrected chi connectivity index (χ1v) is 20.3. The average Bonchev–Trinajstić information content (AvgIpc) is 3.06. The molecule has 0 saturated carbocycles. The molecule has 0 aromatic heterocycles. The standard InChI is InChI=1S/C37H68NO9P/c1-3-5-7-9-11-12-13-14-16-20-25-29-37(41)47-35(33-46-48(42,43)45-31-30-38)32-44-36(40)28-24-21-17-19-23-27-34(39)26-22-18-15-10-8-6-4-2/h15,18,22,26,35H,3-14,16-17,19-21,23-25,27-33,38H2,1-2H3,(H,42,43)/b18-15-,26-22+/t35-/m1/s1. The molecule has 3 N–H and O–H groups in total. The highest BCUT2D eigenvalue weighted by Gasteiger charge is 2.26. The Balaban J connectivity index is 4.31. The van der Waals surface area contributed by atoms with Gasteiger partial charge in [-0.25, -0.2) is 4.57 Å². The topological polar surface area (TPSA) is 151 Å². The summed E-state index contributed by atoms with van der Waals surface area (Å²) in [5.41, 5.74) is 5.32. The fraction of sp³-hybridized carbons (Fsp3) is 0.811. The van der Waals surface area contributed by atoms with Crippen molar-refractivity contribution in [3.8, 4) is 0 Å². The number of phosphoric ester groups is 1. The normalized spacial score (nSPS) is 13.6. The van der Waals surface area contributed by atoms with Crippen molar-refractivity contribution < 1.29 is 42.4 Å². The summed E-state index contributed by atoms with van der Waals surface area (Å²) in [6.45, 7) is 3.52. The largest absolute Gasteiger partial charge is 0.472 e. The Morgan fingerprint density at radius 3 is 1.77 bits per heavy atom. The Morgan fingerprint density at radius 2 is 1.19 bits per heavy atom. The van der Waals surface area contributed by atoms with Gasteiger partial charge in [0.05, 0.1) is 13.2 Å². The van der Waals surface area contributed by atoms with Crippen molar-refractivity contribution in [1.29, 1.82) is 0 Å². The fourth-order valence-corrected chi connectivity index (χ4v) is 5.73. The molecular weight excluding hydrogens is 633 g/mol. The van der Waals surface area contributed by atoms with Gasteiger partial charge >= 0.3 is 19.8 Å². The monoisotopic (exact) mass is 701 g/mol. The molecule has 0 radical (unpaired) electrons. The minimum absolute atomic E-state index is 0.0372. The van der Waals surface area contributed by atoms with Crippen LogP contribution in [-0.2, 0) is 37.5 Å². The molecule has 0 bridgehead atoms. The fourth-order valence-electron chi connectivity index (χ4n) is 4.97. The van der Waals surface area contributed by atoms with E-state index in [-0.39, 0.29) is 38.4 Å². The number of phosphoric acid groups is 1. The lowest BCUT2D eigenvalue weighted by molar-refractivity contribution is -0.161. The van der Waals surface area contributed by atoms with Gasteiger partial charge in [-0.15, -0.1) is 0 Å². The van der Waals surface area contributed by atoms with Crippen LogP contribution in [0.4, 0.5) is 0 Å². The third-order valence-corrected chi connectivity index (χ3v) is 8.80. The van der Waals surface area contributed by atoms with Crippen LogP contribution < -0.4 is 5.73 Å². The Bertz CT molecular complexity index is 909. The molecule has 11 heteroatoms. The average molecular weight is 702 g/mol. The summed E-state index contributed by atoms with van der Waals surface area (Å²) in [6, 6.07) is 0. The summed E-state index contributed by atoms with van der Waals surface area (Å²) in [4.78, 5) is 46.6. The van der Waals surface area contributed by atoms with Gasteiger partial charge in [0.15, 0.2) is 11.9 Å². The summed E-state index contributed by atoms with van der Waals surface area (Å²) >= 11 is 0. The molecule has 0 aliphatic carbocycles. The highest BCUT2D eigenvalue weighted by Crippen LogP contribution is 2.43. The number of hydrogen-bond donors (Lipinski definition) is 2. The SMILES string of the molecule is CCCCC/C=C\C=C\C(=O)CCCCCCCC(=O)OC[C@H](COP(=O)(O)OCCN)OC(=O)CCCCCCCCCCCCC. The van der Waals surface area contributed by atoms with E-state index in [1.54, 1.807) is 6.08 Å². The molecule has 0 heterocycles. The van der Waals surface area contributed by atoms with E-state index in [1.807, 2.05) is 12.2 Å². The van der Waals surface area contributed by atoms with Crippen molar-refractivity contribution in [3.63, 3.8) is 0 Å². The second-order valence-electron chi connectivity index (χ2n) is 12.5. The second kappa shape index (κ2) is 33.6. The molecular formula is C37H68NO9P. The molecule has 0 aromatic rings. The number of unbranched alkanes of at least 4 members (excludes halogenated alkanes) is 17. The smallest absolute Gasteiger partial charge is 0.462 e. The van der Waals surface area contributed by atoms with Gasteiger partial charge in [-0.2, -0.15) is 0 Å². The predicted octanol–water partition coefficient (Wildman–Crippen LogP) is 9.23. The van der Waals surface area contributed by atoms with Gasteiger partial charge in [-0.3, -0.25) is 23.4 Å². The highest BCUT2D eigenvalue weighted by molar-refractivity contribution is 7.47. The zero-order valence-electron chi connectivity index (χ0n) is 30.2. The first-order valence-electron chi connectivity index (χ1n) is 18.8.